The molecular formula is C12H12Cl2N2O2. The molecule has 4 nitrogen and oxygen atoms in total. The molecule has 0 fully saturated rings. The maximum absolute atomic E-state index is 5.99. The van der Waals surface area contributed by atoms with Crippen molar-refractivity contribution >= 4 is 29.0 Å². The Kier molecular flexibility index (Phi) is 4.11. The summed E-state index contributed by atoms with van der Waals surface area (Å²) in [5, 5.41) is 4.73. The van der Waals surface area contributed by atoms with Gasteiger partial charge in [-0.15, -0.1) is 0 Å². The standard InChI is InChI=1S/C12H12Cl2N2O2/c1-17-5-4-10-11(12(15)16-18-10)7-2-3-8(13)9(14)6-7/h2-3,6H,4-5H2,1H3,(H2,15,16). The van der Waals surface area contributed by atoms with E-state index in [1.807, 2.05) is 6.07 Å². The van der Waals surface area contributed by atoms with Gasteiger partial charge in [0.25, 0.3) is 0 Å². The fourth-order valence-corrected chi connectivity index (χ4v) is 1.96. The Labute approximate surface area is 115 Å². The Balaban J connectivity index is 2.42. The van der Waals surface area contributed by atoms with Crippen LogP contribution in [0.15, 0.2) is 22.7 Å². The van der Waals surface area contributed by atoms with Gasteiger partial charge in [0.2, 0.25) is 0 Å². The summed E-state index contributed by atoms with van der Waals surface area (Å²) in [6.45, 7) is 0.531. The lowest BCUT2D eigenvalue weighted by atomic mass is 10.0. The third-order valence-corrected chi connectivity index (χ3v) is 3.27. The molecule has 0 spiro atoms. The van der Waals surface area contributed by atoms with Crippen molar-refractivity contribution in [1.82, 2.24) is 5.16 Å². The van der Waals surface area contributed by atoms with Crippen molar-refractivity contribution in [2.75, 3.05) is 19.5 Å². The number of rotatable bonds is 4. The summed E-state index contributed by atoms with van der Waals surface area (Å²) in [5.74, 6) is 1.01. The molecule has 0 aliphatic carbocycles. The number of ether oxygens (including phenoxy) is 1. The topological polar surface area (TPSA) is 61.3 Å². The second kappa shape index (κ2) is 5.61. The van der Waals surface area contributed by atoms with Gasteiger partial charge in [-0.3, -0.25) is 0 Å². The van der Waals surface area contributed by atoms with Gasteiger partial charge >= 0.3 is 0 Å². The van der Waals surface area contributed by atoms with Crippen LogP contribution in [0.3, 0.4) is 0 Å². The molecule has 18 heavy (non-hydrogen) atoms. The Morgan fingerprint density at radius 2 is 2.11 bits per heavy atom. The molecule has 0 unspecified atom stereocenters. The lowest BCUT2D eigenvalue weighted by Crippen LogP contribution is -1.96. The molecular weight excluding hydrogens is 275 g/mol. The number of nitrogens with two attached hydrogens (primary N) is 1. The molecule has 1 heterocycles. The Bertz CT molecular complexity index is 555. The zero-order valence-electron chi connectivity index (χ0n) is 9.74. The van der Waals surface area contributed by atoms with Gasteiger partial charge in [0.05, 0.1) is 22.2 Å². The molecule has 0 aliphatic heterocycles. The number of halogens is 2. The third-order valence-electron chi connectivity index (χ3n) is 2.53. The van der Waals surface area contributed by atoms with Gasteiger partial charge in [-0.25, -0.2) is 0 Å². The summed E-state index contributed by atoms with van der Waals surface area (Å²) in [4.78, 5) is 0. The van der Waals surface area contributed by atoms with Gasteiger partial charge in [-0.05, 0) is 17.7 Å². The Hall–Kier alpha value is -1.23. The summed E-state index contributed by atoms with van der Waals surface area (Å²) < 4.78 is 10.2. The van der Waals surface area contributed by atoms with Crippen LogP contribution in [0.25, 0.3) is 11.1 Å². The Morgan fingerprint density at radius 3 is 2.78 bits per heavy atom. The van der Waals surface area contributed by atoms with Gasteiger partial charge in [-0.2, -0.15) is 0 Å². The van der Waals surface area contributed by atoms with Crippen LogP contribution in [0.5, 0.6) is 0 Å². The molecule has 1 aromatic heterocycles. The molecule has 1 aromatic carbocycles. The average molecular weight is 287 g/mol. The first-order valence-corrected chi connectivity index (χ1v) is 6.07. The summed E-state index contributed by atoms with van der Waals surface area (Å²) in [6.07, 6.45) is 0.594. The van der Waals surface area contributed by atoms with Crippen LogP contribution < -0.4 is 5.73 Å². The molecule has 2 aromatic rings. The van der Waals surface area contributed by atoms with E-state index in [0.717, 1.165) is 11.1 Å². The van der Waals surface area contributed by atoms with Crippen LogP contribution in [0, 0.1) is 0 Å². The smallest absolute Gasteiger partial charge is 0.175 e. The number of benzene rings is 1. The monoisotopic (exact) mass is 286 g/mol. The molecule has 0 aliphatic rings. The summed E-state index contributed by atoms with van der Waals surface area (Å²) in [7, 11) is 1.62. The quantitative estimate of drug-likeness (QED) is 0.936. The zero-order valence-corrected chi connectivity index (χ0v) is 11.3. The molecule has 6 heteroatoms. The van der Waals surface area contributed by atoms with Crippen LogP contribution >= 0.6 is 23.2 Å². The lowest BCUT2D eigenvalue weighted by molar-refractivity contribution is 0.193. The van der Waals surface area contributed by atoms with E-state index < -0.39 is 0 Å². The van der Waals surface area contributed by atoms with Crippen molar-refractivity contribution in [3.05, 3.63) is 34.0 Å². The zero-order chi connectivity index (χ0) is 13.1. The van der Waals surface area contributed by atoms with Gasteiger partial charge in [-0.1, -0.05) is 34.4 Å². The van der Waals surface area contributed by atoms with E-state index >= 15 is 0 Å². The van der Waals surface area contributed by atoms with Crippen molar-refractivity contribution < 1.29 is 9.26 Å². The molecule has 0 radical (unpaired) electrons. The van der Waals surface area contributed by atoms with E-state index in [1.54, 1.807) is 19.2 Å². The van der Waals surface area contributed by atoms with Gasteiger partial charge in [0.1, 0.15) is 5.76 Å². The number of aromatic nitrogens is 1. The van der Waals surface area contributed by atoms with E-state index in [9.17, 15) is 0 Å². The van der Waals surface area contributed by atoms with Crippen LogP contribution in [-0.4, -0.2) is 18.9 Å². The number of anilines is 1. The number of hydrogen-bond donors (Lipinski definition) is 1. The number of methoxy groups -OCH3 is 1. The minimum Gasteiger partial charge on any atom is -0.384 e. The average Bonchev–Trinajstić information content (AvgIpc) is 2.71. The molecule has 0 bridgehead atoms. The van der Waals surface area contributed by atoms with E-state index in [-0.39, 0.29) is 0 Å². The molecule has 2 N–H and O–H groups in total. The van der Waals surface area contributed by atoms with Crippen LogP contribution in [0.1, 0.15) is 5.76 Å². The summed E-state index contributed by atoms with van der Waals surface area (Å²) >= 11 is 11.9. The van der Waals surface area contributed by atoms with E-state index in [1.165, 1.54) is 0 Å². The molecule has 2 rings (SSSR count). The van der Waals surface area contributed by atoms with Crippen molar-refractivity contribution in [2.45, 2.75) is 6.42 Å². The highest BCUT2D eigenvalue weighted by Gasteiger charge is 2.16. The fraction of sp³-hybridized carbons (Fsp3) is 0.250. The predicted molar refractivity (Wildman–Crippen MR) is 72.0 cm³/mol. The van der Waals surface area contributed by atoms with E-state index in [0.29, 0.717) is 34.7 Å². The lowest BCUT2D eigenvalue weighted by Gasteiger charge is -2.04. The molecule has 96 valence electrons. The maximum atomic E-state index is 5.99. The van der Waals surface area contributed by atoms with Crippen molar-refractivity contribution in [3.8, 4) is 11.1 Å². The summed E-state index contributed by atoms with van der Waals surface area (Å²) in [6, 6.07) is 5.28. The first kappa shape index (κ1) is 13.2. The first-order chi connectivity index (χ1) is 8.63. The van der Waals surface area contributed by atoms with E-state index in [4.69, 9.17) is 38.2 Å². The summed E-state index contributed by atoms with van der Waals surface area (Å²) in [5.41, 5.74) is 7.38. The minimum atomic E-state index is 0.333. The predicted octanol–water partition coefficient (Wildman–Crippen LogP) is 3.42. The van der Waals surface area contributed by atoms with Crippen LogP contribution in [0.2, 0.25) is 10.0 Å². The highest BCUT2D eigenvalue weighted by molar-refractivity contribution is 6.42. The number of nitrogen functional groups attached to an aromatic ring is 1. The van der Waals surface area contributed by atoms with Crippen molar-refractivity contribution in [3.63, 3.8) is 0 Å². The highest BCUT2D eigenvalue weighted by atomic mass is 35.5. The molecule has 0 amide bonds. The maximum Gasteiger partial charge on any atom is 0.175 e. The largest absolute Gasteiger partial charge is 0.384 e. The van der Waals surface area contributed by atoms with Crippen LogP contribution in [-0.2, 0) is 11.2 Å². The fourth-order valence-electron chi connectivity index (χ4n) is 1.66. The minimum absolute atomic E-state index is 0.333. The van der Waals surface area contributed by atoms with E-state index in [2.05, 4.69) is 5.16 Å². The highest BCUT2D eigenvalue weighted by Crippen LogP contribution is 2.34. The SMILES string of the molecule is COCCc1onc(N)c1-c1ccc(Cl)c(Cl)c1. The van der Waals surface area contributed by atoms with Gasteiger partial charge < -0.3 is 15.0 Å². The normalized spacial score (nSPS) is 10.8. The number of hydrogen-bond acceptors (Lipinski definition) is 4. The van der Waals surface area contributed by atoms with Gasteiger partial charge in [0, 0.05) is 13.5 Å². The number of nitrogens with zero attached hydrogens (tertiary/aromatic N) is 1. The molecule has 0 atom stereocenters. The second-order valence-corrected chi connectivity index (χ2v) is 4.55. The molecule has 0 saturated carbocycles. The van der Waals surface area contributed by atoms with Crippen LogP contribution in [0.4, 0.5) is 5.82 Å². The Morgan fingerprint density at radius 1 is 1.33 bits per heavy atom. The van der Waals surface area contributed by atoms with Crippen molar-refractivity contribution in [1.29, 1.82) is 0 Å². The second-order valence-electron chi connectivity index (χ2n) is 3.74. The molecule has 0 saturated heterocycles. The van der Waals surface area contributed by atoms with Crippen molar-refractivity contribution in [2.24, 2.45) is 0 Å². The third kappa shape index (κ3) is 2.61. The first-order valence-electron chi connectivity index (χ1n) is 5.32. The van der Waals surface area contributed by atoms with Gasteiger partial charge in [0.15, 0.2) is 5.82 Å².